The van der Waals surface area contributed by atoms with Crippen molar-refractivity contribution in [2.45, 2.75) is 44.6 Å². The molecule has 1 aliphatic rings. The minimum absolute atomic E-state index is 0.0878. The maximum absolute atomic E-state index is 5.85. The van der Waals surface area contributed by atoms with Gasteiger partial charge in [-0.1, -0.05) is 19.8 Å². The van der Waals surface area contributed by atoms with Crippen molar-refractivity contribution in [2.24, 2.45) is 5.73 Å². The van der Waals surface area contributed by atoms with Crippen LogP contribution in [0.2, 0.25) is 0 Å². The van der Waals surface area contributed by atoms with Crippen LogP contribution in [0.5, 0.6) is 0 Å². The molecule has 0 saturated heterocycles. The summed E-state index contributed by atoms with van der Waals surface area (Å²) >= 11 is 1.45. The van der Waals surface area contributed by atoms with Crippen LogP contribution < -0.4 is 11.1 Å². The fraction of sp³-hybridized carbons (Fsp3) is 0.800. The van der Waals surface area contributed by atoms with Crippen molar-refractivity contribution in [2.75, 3.05) is 11.9 Å². The summed E-state index contributed by atoms with van der Waals surface area (Å²) in [5.74, 6) is 0.924. The van der Waals surface area contributed by atoms with Gasteiger partial charge in [-0.15, -0.1) is 0 Å². The summed E-state index contributed by atoms with van der Waals surface area (Å²) in [7, 11) is 0. The molecule has 0 aromatic carbocycles. The molecular formula is C10H18N4S. The molecule has 4 nitrogen and oxygen atoms in total. The van der Waals surface area contributed by atoms with Crippen molar-refractivity contribution in [1.82, 2.24) is 9.36 Å². The van der Waals surface area contributed by atoms with Crippen molar-refractivity contribution >= 4 is 16.7 Å². The lowest BCUT2D eigenvalue weighted by Gasteiger charge is -2.27. The summed E-state index contributed by atoms with van der Waals surface area (Å²) in [4.78, 5) is 4.43. The van der Waals surface area contributed by atoms with Gasteiger partial charge in [-0.05, 0) is 12.8 Å². The summed E-state index contributed by atoms with van der Waals surface area (Å²) in [6.45, 7) is 2.76. The molecule has 0 unspecified atom stereocenters. The predicted molar refractivity (Wildman–Crippen MR) is 63.2 cm³/mol. The van der Waals surface area contributed by atoms with Gasteiger partial charge in [0.25, 0.3) is 0 Å². The van der Waals surface area contributed by atoms with Gasteiger partial charge in [-0.25, -0.2) is 4.98 Å². The Morgan fingerprint density at radius 3 is 2.73 bits per heavy atom. The zero-order valence-electron chi connectivity index (χ0n) is 9.12. The quantitative estimate of drug-likeness (QED) is 0.821. The Kier molecular flexibility index (Phi) is 3.21. The molecule has 0 aliphatic heterocycles. The number of nitrogens with one attached hydrogen (secondary N) is 1. The molecule has 0 atom stereocenters. The molecule has 3 N–H and O–H groups in total. The van der Waals surface area contributed by atoms with Crippen molar-refractivity contribution in [1.29, 1.82) is 0 Å². The number of aromatic nitrogens is 2. The molecule has 1 saturated carbocycles. The lowest BCUT2D eigenvalue weighted by molar-refractivity contribution is 0.493. The van der Waals surface area contributed by atoms with E-state index < -0.39 is 0 Å². The molecular weight excluding hydrogens is 208 g/mol. The Morgan fingerprint density at radius 1 is 1.47 bits per heavy atom. The molecule has 2 rings (SSSR count). The topological polar surface area (TPSA) is 63.8 Å². The van der Waals surface area contributed by atoms with Crippen LogP contribution in [-0.2, 0) is 6.42 Å². The van der Waals surface area contributed by atoms with E-state index in [1.54, 1.807) is 0 Å². The molecule has 15 heavy (non-hydrogen) atoms. The standard InChI is InChI=1S/C10H18N4S/c1-2-8-12-9(15-14-8)13-10(7-11)5-3-4-6-10/h2-7,11H2,1H3,(H,12,13,14). The summed E-state index contributed by atoms with van der Waals surface area (Å²) in [5, 5.41) is 4.41. The van der Waals surface area contributed by atoms with Gasteiger partial charge in [0.1, 0.15) is 5.82 Å². The highest BCUT2D eigenvalue weighted by Gasteiger charge is 2.33. The van der Waals surface area contributed by atoms with Gasteiger partial charge in [0.2, 0.25) is 5.13 Å². The van der Waals surface area contributed by atoms with Crippen molar-refractivity contribution in [3.63, 3.8) is 0 Å². The molecule has 84 valence electrons. The maximum Gasteiger partial charge on any atom is 0.203 e. The average molecular weight is 226 g/mol. The molecule has 0 spiro atoms. The maximum atomic E-state index is 5.85. The van der Waals surface area contributed by atoms with Crippen LogP contribution in [0.4, 0.5) is 5.13 Å². The summed E-state index contributed by atoms with van der Waals surface area (Å²) in [6, 6.07) is 0. The zero-order chi connectivity index (χ0) is 10.7. The van der Waals surface area contributed by atoms with E-state index in [2.05, 4.69) is 21.6 Å². The number of nitrogens with two attached hydrogens (primary N) is 1. The Labute approximate surface area is 94.5 Å². The van der Waals surface area contributed by atoms with Crippen LogP contribution >= 0.6 is 11.5 Å². The SMILES string of the molecule is CCc1nsc(NC2(CN)CCCC2)n1. The second-order valence-corrected chi connectivity index (χ2v) is 4.94. The van der Waals surface area contributed by atoms with E-state index in [4.69, 9.17) is 5.73 Å². The number of hydrogen-bond donors (Lipinski definition) is 2. The van der Waals surface area contributed by atoms with Crippen LogP contribution in [0.1, 0.15) is 38.4 Å². The highest BCUT2D eigenvalue weighted by molar-refractivity contribution is 7.09. The third-order valence-corrected chi connectivity index (χ3v) is 3.78. The normalized spacial score (nSPS) is 19.3. The number of aryl methyl sites for hydroxylation is 1. The van der Waals surface area contributed by atoms with Crippen LogP contribution in [0.15, 0.2) is 0 Å². The molecule has 5 heteroatoms. The predicted octanol–water partition coefficient (Wildman–Crippen LogP) is 1.78. The van der Waals surface area contributed by atoms with Crippen LogP contribution in [0, 0.1) is 0 Å². The van der Waals surface area contributed by atoms with Crippen LogP contribution in [0.25, 0.3) is 0 Å². The summed E-state index contributed by atoms with van der Waals surface area (Å²) in [5.41, 5.74) is 5.94. The van der Waals surface area contributed by atoms with Crippen molar-refractivity contribution < 1.29 is 0 Å². The number of anilines is 1. The monoisotopic (exact) mass is 226 g/mol. The van der Waals surface area contributed by atoms with E-state index in [0.717, 1.165) is 30.2 Å². The molecule has 1 fully saturated rings. The van der Waals surface area contributed by atoms with E-state index in [0.29, 0.717) is 6.54 Å². The Balaban J connectivity index is 2.05. The minimum Gasteiger partial charge on any atom is -0.354 e. The first kappa shape index (κ1) is 10.8. The third kappa shape index (κ3) is 2.29. The Morgan fingerprint density at radius 2 is 2.20 bits per heavy atom. The van der Waals surface area contributed by atoms with E-state index in [-0.39, 0.29) is 5.54 Å². The van der Waals surface area contributed by atoms with Crippen molar-refractivity contribution in [3.05, 3.63) is 5.82 Å². The van der Waals surface area contributed by atoms with E-state index in [1.807, 2.05) is 0 Å². The first-order valence-corrected chi connectivity index (χ1v) is 6.36. The summed E-state index contributed by atoms with van der Waals surface area (Å²) in [6.07, 6.45) is 5.75. The fourth-order valence-electron chi connectivity index (χ4n) is 2.11. The van der Waals surface area contributed by atoms with E-state index >= 15 is 0 Å². The zero-order valence-corrected chi connectivity index (χ0v) is 9.94. The molecule has 0 bridgehead atoms. The van der Waals surface area contributed by atoms with Crippen molar-refractivity contribution in [3.8, 4) is 0 Å². The third-order valence-electron chi connectivity index (χ3n) is 3.11. The van der Waals surface area contributed by atoms with Gasteiger partial charge in [0.05, 0.1) is 5.54 Å². The average Bonchev–Trinajstić information content (AvgIpc) is 2.88. The highest BCUT2D eigenvalue weighted by atomic mass is 32.1. The smallest absolute Gasteiger partial charge is 0.203 e. The van der Waals surface area contributed by atoms with E-state index in [1.165, 1.54) is 24.4 Å². The lowest BCUT2D eigenvalue weighted by Crippen LogP contribution is -2.42. The molecule has 1 aromatic rings. The van der Waals surface area contributed by atoms with Gasteiger partial charge in [-0.3, -0.25) is 0 Å². The highest BCUT2D eigenvalue weighted by Crippen LogP contribution is 2.32. The molecule has 1 aliphatic carbocycles. The van der Waals surface area contributed by atoms with Gasteiger partial charge < -0.3 is 11.1 Å². The van der Waals surface area contributed by atoms with E-state index in [9.17, 15) is 0 Å². The number of hydrogen-bond acceptors (Lipinski definition) is 5. The van der Waals surface area contributed by atoms with Gasteiger partial charge in [0.15, 0.2) is 0 Å². The lowest BCUT2D eigenvalue weighted by atomic mass is 9.98. The van der Waals surface area contributed by atoms with Gasteiger partial charge in [-0.2, -0.15) is 4.37 Å². The Hall–Kier alpha value is -0.680. The Bertz CT molecular complexity index is 317. The second kappa shape index (κ2) is 4.45. The second-order valence-electron chi connectivity index (χ2n) is 4.19. The van der Waals surface area contributed by atoms with Gasteiger partial charge >= 0.3 is 0 Å². The first-order chi connectivity index (χ1) is 7.28. The number of rotatable bonds is 4. The van der Waals surface area contributed by atoms with Crippen LogP contribution in [-0.4, -0.2) is 21.4 Å². The largest absolute Gasteiger partial charge is 0.354 e. The molecule has 1 aromatic heterocycles. The fourth-order valence-corrected chi connectivity index (χ4v) is 2.88. The molecule has 0 amide bonds. The minimum atomic E-state index is 0.0878. The molecule has 1 heterocycles. The summed E-state index contributed by atoms with van der Waals surface area (Å²) < 4.78 is 4.27. The van der Waals surface area contributed by atoms with Gasteiger partial charge in [0, 0.05) is 24.5 Å². The first-order valence-electron chi connectivity index (χ1n) is 5.59. The van der Waals surface area contributed by atoms with Crippen LogP contribution in [0.3, 0.4) is 0 Å². The molecule has 0 radical (unpaired) electrons. The number of nitrogens with zero attached hydrogens (tertiary/aromatic N) is 2.